The van der Waals surface area contributed by atoms with Crippen LogP contribution in [-0.4, -0.2) is 42.5 Å². The molecule has 0 aliphatic rings. The molecule has 0 radical (unpaired) electrons. The topological polar surface area (TPSA) is 67.9 Å². The van der Waals surface area contributed by atoms with Crippen molar-refractivity contribution in [1.29, 1.82) is 0 Å². The number of ether oxygens (including phenoxy) is 2. The lowest BCUT2D eigenvalue weighted by Crippen LogP contribution is -2.52. The van der Waals surface area contributed by atoms with E-state index in [4.69, 9.17) is 21.1 Å². The SMILES string of the molecule is COc1ccc(CCC(=O)N(Cc2cccc(Cl)c2)C(C)C(=O)NC(C)(C)C)cc1OC. The Morgan fingerprint density at radius 3 is 2.31 bits per heavy atom. The van der Waals surface area contributed by atoms with Gasteiger partial charge in [0.25, 0.3) is 0 Å². The van der Waals surface area contributed by atoms with Crippen LogP contribution in [0.2, 0.25) is 5.02 Å². The minimum Gasteiger partial charge on any atom is -0.493 e. The van der Waals surface area contributed by atoms with Crippen LogP contribution in [0.15, 0.2) is 42.5 Å². The van der Waals surface area contributed by atoms with Crippen molar-refractivity contribution in [2.45, 2.75) is 58.7 Å². The number of rotatable bonds is 9. The van der Waals surface area contributed by atoms with Gasteiger partial charge in [-0.2, -0.15) is 0 Å². The summed E-state index contributed by atoms with van der Waals surface area (Å²) in [5, 5.41) is 3.55. The van der Waals surface area contributed by atoms with Crippen LogP contribution in [0.1, 0.15) is 45.2 Å². The molecular weight excluding hydrogens is 428 g/mol. The number of carbonyl (C=O) groups excluding carboxylic acids is 2. The van der Waals surface area contributed by atoms with Gasteiger partial charge < -0.3 is 19.7 Å². The van der Waals surface area contributed by atoms with E-state index in [0.717, 1.165) is 11.1 Å². The molecule has 0 saturated heterocycles. The van der Waals surface area contributed by atoms with Crippen molar-refractivity contribution in [2.24, 2.45) is 0 Å². The zero-order valence-electron chi connectivity index (χ0n) is 19.7. The lowest BCUT2D eigenvalue weighted by atomic mass is 10.1. The maximum atomic E-state index is 13.3. The molecule has 0 bridgehead atoms. The number of nitrogens with zero attached hydrogens (tertiary/aromatic N) is 1. The molecule has 174 valence electrons. The number of nitrogens with one attached hydrogen (secondary N) is 1. The molecule has 0 heterocycles. The Kier molecular flexibility index (Phi) is 8.96. The highest BCUT2D eigenvalue weighted by Crippen LogP contribution is 2.28. The van der Waals surface area contributed by atoms with E-state index in [9.17, 15) is 9.59 Å². The van der Waals surface area contributed by atoms with E-state index in [1.165, 1.54) is 0 Å². The summed E-state index contributed by atoms with van der Waals surface area (Å²) in [6.07, 6.45) is 0.766. The number of halogens is 1. The molecule has 2 amide bonds. The van der Waals surface area contributed by atoms with Crippen LogP contribution in [0.25, 0.3) is 0 Å². The molecule has 0 spiro atoms. The van der Waals surface area contributed by atoms with Gasteiger partial charge in [0.15, 0.2) is 11.5 Å². The largest absolute Gasteiger partial charge is 0.493 e. The molecule has 2 aromatic rings. The maximum Gasteiger partial charge on any atom is 0.242 e. The second-order valence-electron chi connectivity index (χ2n) is 8.76. The van der Waals surface area contributed by atoms with E-state index in [1.54, 1.807) is 32.1 Å². The molecule has 6 nitrogen and oxygen atoms in total. The molecule has 0 aliphatic carbocycles. The molecule has 1 atom stereocenters. The molecule has 7 heteroatoms. The van der Waals surface area contributed by atoms with Gasteiger partial charge in [0.05, 0.1) is 14.2 Å². The Balaban J connectivity index is 2.20. The third-order valence-electron chi connectivity index (χ3n) is 4.98. The first-order valence-electron chi connectivity index (χ1n) is 10.6. The van der Waals surface area contributed by atoms with E-state index < -0.39 is 11.6 Å². The second kappa shape index (κ2) is 11.2. The average Bonchev–Trinajstić information content (AvgIpc) is 2.73. The summed E-state index contributed by atoms with van der Waals surface area (Å²) < 4.78 is 10.6. The zero-order chi connectivity index (χ0) is 23.9. The molecule has 0 saturated carbocycles. The number of benzene rings is 2. The maximum absolute atomic E-state index is 13.3. The summed E-state index contributed by atoms with van der Waals surface area (Å²) >= 11 is 6.13. The number of aryl methyl sites for hydroxylation is 1. The van der Waals surface area contributed by atoms with Gasteiger partial charge in [-0.3, -0.25) is 9.59 Å². The van der Waals surface area contributed by atoms with Gasteiger partial charge in [0.1, 0.15) is 6.04 Å². The quantitative estimate of drug-likeness (QED) is 0.592. The average molecular weight is 461 g/mol. The fourth-order valence-electron chi connectivity index (χ4n) is 3.32. The van der Waals surface area contributed by atoms with Crippen LogP contribution in [0.4, 0.5) is 0 Å². The Morgan fingerprint density at radius 1 is 1.03 bits per heavy atom. The van der Waals surface area contributed by atoms with Gasteiger partial charge in [-0.25, -0.2) is 0 Å². The van der Waals surface area contributed by atoms with Crippen LogP contribution in [-0.2, 0) is 22.6 Å². The van der Waals surface area contributed by atoms with Crippen LogP contribution < -0.4 is 14.8 Å². The minimum absolute atomic E-state index is 0.115. The highest BCUT2D eigenvalue weighted by atomic mass is 35.5. The van der Waals surface area contributed by atoms with Crippen LogP contribution in [0.3, 0.4) is 0 Å². The number of amides is 2. The summed E-state index contributed by atoms with van der Waals surface area (Å²) in [4.78, 5) is 27.7. The van der Waals surface area contributed by atoms with Crippen molar-refractivity contribution >= 4 is 23.4 Å². The summed E-state index contributed by atoms with van der Waals surface area (Å²) in [5.41, 5.74) is 1.42. The van der Waals surface area contributed by atoms with Crippen LogP contribution in [0.5, 0.6) is 11.5 Å². The van der Waals surface area contributed by atoms with Crippen molar-refractivity contribution in [1.82, 2.24) is 10.2 Å². The highest BCUT2D eigenvalue weighted by Gasteiger charge is 2.28. The minimum atomic E-state index is -0.633. The highest BCUT2D eigenvalue weighted by molar-refractivity contribution is 6.30. The molecule has 32 heavy (non-hydrogen) atoms. The van der Waals surface area contributed by atoms with Crippen molar-refractivity contribution in [3.8, 4) is 11.5 Å². The first-order valence-corrected chi connectivity index (χ1v) is 11.0. The van der Waals surface area contributed by atoms with Crippen LogP contribution >= 0.6 is 11.6 Å². The van der Waals surface area contributed by atoms with Gasteiger partial charge in [-0.05, 0) is 69.5 Å². The molecule has 1 N–H and O–H groups in total. The normalized spacial score (nSPS) is 12.1. The Bertz CT molecular complexity index is 940. The van der Waals surface area contributed by atoms with Crippen LogP contribution in [0, 0.1) is 0 Å². The molecule has 0 aliphatic heterocycles. The van der Waals surface area contributed by atoms with Crippen molar-refractivity contribution < 1.29 is 19.1 Å². The molecule has 0 aromatic heterocycles. The van der Waals surface area contributed by atoms with E-state index >= 15 is 0 Å². The molecular formula is C25H33ClN2O4. The van der Waals surface area contributed by atoms with Gasteiger partial charge in [-0.15, -0.1) is 0 Å². The second-order valence-corrected chi connectivity index (χ2v) is 9.19. The predicted octanol–water partition coefficient (Wildman–Crippen LogP) is 4.62. The molecule has 2 aromatic carbocycles. The third kappa shape index (κ3) is 7.45. The number of methoxy groups -OCH3 is 2. The number of hydrogen-bond acceptors (Lipinski definition) is 4. The predicted molar refractivity (Wildman–Crippen MR) is 127 cm³/mol. The number of carbonyl (C=O) groups is 2. The molecule has 1 unspecified atom stereocenters. The Hall–Kier alpha value is -2.73. The lowest BCUT2D eigenvalue weighted by Gasteiger charge is -2.31. The third-order valence-corrected chi connectivity index (χ3v) is 5.22. The van der Waals surface area contributed by atoms with E-state index in [0.29, 0.717) is 29.5 Å². The van der Waals surface area contributed by atoms with Crippen molar-refractivity contribution in [2.75, 3.05) is 14.2 Å². The van der Waals surface area contributed by atoms with Gasteiger partial charge in [0, 0.05) is 23.5 Å². The van der Waals surface area contributed by atoms with Gasteiger partial charge in [-0.1, -0.05) is 29.8 Å². The number of hydrogen-bond donors (Lipinski definition) is 1. The smallest absolute Gasteiger partial charge is 0.242 e. The molecule has 2 rings (SSSR count). The standard InChI is InChI=1S/C25H33ClN2O4/c1-17(24(30)27-25(2,3)4)28(16-19-8-7-9-20(26)14-19)23(29)13-11-18-10-12-21(31-5)22(15-18)32-6/h7-10,12,14-15,17H,11,13,16H2,1-6H3,(H,27,30). The van der Waals surface area contributed by atoms with Gasteiger partial charge >= 0.3 is 0 Å². The van der Waals surface area contributed by atoms with E-state index in [1.807, 2.05) is 57.2 Å². The summed E-state index contributed by atoms with van der Waals surface area (Å²) in [6, 6.07) is 12.3. The summed E-state index contributed by atoms with van der Waals surface area (Å²) in [5.74, 6) is 0.944. The summed E-state index contributed by atoms with van der Waals surface area (Å²) in [7, 11) is 3.16. The van der Waals surface area contributed by atoms with Crippen molar-refractivity contribution in [3.63, 3.8) is 0 Å². The monoisotopic (exact) mass is 460 g/mol. The fourth-order valence-corrected chi connectivity index (χ4v) is 3.53. The Labute approximate surface area is 195 Å². The van der Waals surface area contributed by atoms with E-state index in [2.05, 4.69) is 5.32 Å². The van der Waals surface area contributed by atoms with E-state index in [-0.39, 0.29) is 18.2 Å². The van der Waals surface area contributed by atoms with Gasteiger partial charge in [0.2, 0.25) is 11.8 Å². The Morgan fingerprint density at radius 2 is 1.72 bits per heavy atom. The lowest BCUT2D eigenvalue weighted by molar-refractivity contribution is -0.141. The molecule has 0 fully saturated rings. The first kappa shape index (κ1) is 25.5. The zero-order valence-corrected chi connectivity index (χ0v) is 20.5. The first-order chi connectivity index (χ1) is 15.0. The van der Waals surface area contributed by atoms with Crippen molar-refractivity contribution in [3.05, 3.63) is 58.6 Å². The fraction of sp³-hybridized carbons (Fsp3) is 0.440. The summed E-state index contributed by atoms with van der Waals surface area (Å²) in [6.45, 7) is 7.79.